The maximum Gasteiger partial charge on any atom is 0.288 e. The van der Waals surface area contributed by atoms with Gasteiger partial charge in [0.2, 0.25) is 0 Å². The van der Waals surface area contributed by atoms with Crippen molar-refractivity contribution >= 4 is 50.5 Å². The van der Waals surface area contributed by atoms with E-state index in [-0.39, 0.29) is 20.8 Å². The van der Waals surface area contributed by atoms with E-state index in [1.165, 1.54) is 23.9 Å². The lowest BCUT2D eigenvalue weighted by Crippen LogP contribution is -2.06. The highest BCUT2D eigenvalue weighted by Crippen LogP contribution is 2.35. The number of thioether (sulfide) groups is 1. The predicted molar refractivity (Wildman–Crippen MR) is 135 cm³/mol. The van der Waals surface area contributed by atoms with Crippen molar-refractivity contribution in [1.29, 1.82) is 0 Å². The van der Waals surface area contributed by atoms with E-state index in [0.717, 1.165) is 22.8 Å². The molecule has 3 aromatic carbocycles. The first kappa shape index (κ1) is 23.0. The van der Waals surface area contributed by atoms with Crippen LogP contribution in [0.1, 0.15) is 5.69 Å². The number of rotatable bonds is 7. The van der Waals surface area contributed by atoms with E-state index in [1.54, 1.807) is 10.9 Å². The summed E-state index contributed by atoms with van der Waals surface area (Å²) in [5.74, 6) is 1.83. The van der Waals surface area contributed by atoms with Gasteiger partial charge >= 0.3 is 0 Å². The van der Waals surface area contributed by atoms with Crippen LogP contribution in [0.25, 0.3) is 15.8 Å². The van der Waals surface area contributed by atoms with Crippen molar-refractivity contribution in [1.82, 2.24) is 20.0 Å². The van der Waals surface area contributed by atoms with Gasteiger partial charge < -0.3 is 4.74 Å². The third-order valence-corrected chi connectivity index (χ3v) is 7.31. The first-order chi connectivity index (χ1) is 17.0. The number of nitro groups is 1. The second kappa shape index (κ2) is 9.82. The topological polar surface area (TPSA) is 113 Å². The fourth-order valence-corrected chi connectivity index (χ4v) is 5.44. The van der Waals surface area contributed by atoms with Crippen LogP contribution in [0.4, 0.5) is 5.69 Å². The Kier molecular flexibility index (Phi) is 6.45. The zero-order valence-corrected chi connectivity index (χ0v) is 20.1. The number of ether oxygens (including phenoxy) is 1. The summed E-state index contributed by atoms with van der Waals surface area (Å²) in [7, 11) is 0. The molecule has 0 fully saturated rings. The van der Waals surface area contributed by atoms with Crippen LogP contribution in [0.3, 0.4) is 0 Å². The molecule has 0 atom stereocenters. The number of para-hydroxylation sites is 1. The number of non-ortho nitro benzene ring substituents is 1. The number of hydrogen-bond acceptors (Lipinski definition) is 9. The summed E-state index contributed by atoms with van der Waals surface area (Å²) in [6.45, 7) is 0. The van der Waals surface area contributed by atoms with Crippen molar-refractivity contribution in [2.75, 3.05) is 0 Å². The molecule has 0 spiro atoms. The molecule has 35 heavy (non-hydrogen) atoms. The van der Waals surface area contributed by atoms with E-state index < -0.39 is 10.5 Å². The number of benzene rings is 3. The van der Waals surface area contributed by atoms with Crippen LogP contribution < -0.4 is 10.3 Å². The minimum absolute atomic E-state index is 0.118. The van der Waals surface area contributed by atoms with Crippen molar-refractivity contribution in [2.24, 2.45) is 0 Å². The van der Waals surface area contributed by atoms with Crippen LogP contribution in [-0.4, -0.2) is 24.9 Å². The number of hydrogen-bond donors (Lipinski definition) is 0. The van der Waals surface area contributed by atoms with Crippen molar-refractivity contribution < 1.29 is 9.66 Å². The van der Waals surface area contributed by atoms with Gasteiger partial charge in [-0.05, 0) is 42.5 Å². The lowest BCUT2D eigenvalue weighted by atomic mass is 10.2. The van der Waals surface area contributed by atoms with Gasteiger partial charge in [-0.1, -0.05) is 46.8 Å². The Hall–Kier alpha value is -3.80. The van der Waals surface area contributed by atoms with E-state index in [9.17, 15) is 14.9 Å². The molecular formula is C23H14ClN5O4S2. The third kappa shape index (κ3) is 5.16. The zero-order chi connectivity index (χ0) is 24.4. The fourth-order valence-electron chi connectivity index (χ4n) is 3.21. The summed E-state index contributed by atoms with van der Waals surface area (Å²) in [5.41, 5.74) is 0.680. The molecule has 174 valence electrons. The monoisotopic (exact) mass is 523 g/mol. The second-order valence-electron chi connectivity index (χ2n) is 7.20. The van der Waals surface area contributed by atoms with Gasteiger partial charge in [0.15, 0.2) is 4.34 Å². The molecule has 0 amide bonds. The van der Waals surface area contributed by atoms with E-state index >= 15 is 0 Å². The highest BCUT2D eigenvalue weighted by atomic mass is 35.5. The Balaban J connectivity index is 1.30. The number of nitrogens with zero attached hydrogens (tertiary/aromatic N) is 5. The molecule has 2 heterocycles. The van der Waals surface area contributed by atoms with Crippen molar-refractivity contribution in [3.8, 4) is 17.2 Å². The molecule has 0 aliphatic carbocycles. The van der Waals surface area contributed by atoms with Gasteiger partial charge in [-0.2, -0.15) is 4.98 Å². The Morgan fingerprint density at radius 3 is 2.57 bits per heavy atom. The Bertz CT molecular complexity index is 1590. The van der Waals surface area contributed by atoms with E-state index in [1.807, 2.05) is 54.6 Å². The lowest BCUT2D eigenvalue weighted by Gasteiger charge is -2.06. The molecule has 9 nitrogen and oxygen atoms in total. The van der Waals surface area contributed by atoms with Crippen LogP contribution in [0, 0.1) is 10.1 Å². The van der Waals surface area contributed by atoms with Crippen LogP contribution >= 0.6 is 34.7 Å². The highest BCUT2D eigenvalue weighted by molar-refractivity contribution is 8.00. The number of aromatic nitrogens is 4. The standard InChI is InChI=1S/C23H14ClN5O4S2/c24-14-10-19-21(20(11-14)29(31)32)35-23(25-22(19)30)34-13-15-12-28(27-26-15)16-6-8-18(9-7-16)33-17-4-2-1-3-5-17/h1-12H,13H2. The predicted octanol–water partition coefficient (Wildman–Crippen LogP) is 5.88. The molecule has 0 N–H and O–H groups in total. The van der Waals surface area contributed by atoms with Crippen LogP contribution in [0.2, 0.25) is 5.02 Å². The first-order valence-electron chi connectivity index (χ1n) is 10.1. The molecule has 0 saturated heterocycles. The molecule has 5 rings (SSSR count). The molecule has 0 aliphatic rings. The largest absolute Gasteiger partial charge is 0.457 e. The SMILES string of the molecule is O=c1nc(SCc2cn(-c3ccc(Oc4ccccc4)cc3)nn2)sc2c([N+](=O)[O-])cc(Cl)cc12. The van der Waals surface area contributed by atoms with Gasteiger partial charge in [-0.3, -0.25) is 14.9 Å². The quantitative estimate of drug-likeness (QED) is 0.147. The molecular weight excluding hydrogens is 510 g/mol. The Labute approximate surface area is 211 Å². The van der Waals surface area contributed by atoms with Crippen molar-refractivity contribution in [3.63, 3.8) is 0 Å². The molecule has 2 aromatic heterocycles. The molecule has 0 bridgehead atoms. The first-order valence-corrected chi connectivity index (χ1v) is 12.3. The van der Waals surface area contributed by atoms with E-state index in [4.69, 9.17) is 16.3 Å². The van der Waals surface area contributed by atoms with Gasteiger partial charge in [0.05, 0.1) is 27.9 Å². The summed E-state index contributed by atoms with van der Waals surface area (Å²) in [4.78, 5) is 27.3. The Morgan fingerprint density at radius 1 is 1.09 bits per heavy atom. The third-order valence-electron chi connectivity index (χ3n) is 4.81. The molecule has 0 aliphatic heterocycles. The van der Waals surface area contributed by atoms with Crippen LogP contribution in [-0.2, 0) is 5.75 Å². The van der Waals surface area contributed by atoms with E-state index in [2.05, 4.69) is 15.3 Å². The van der Waals surface area contributed by atoms with E-state index in [0.29, 0.717) is 21.5 Å². The molecule has 12 heteroatoms. The average molecular weight is 524 g/mol. The van der Waals surface area contributed by atoms with Crippen molar-refractivity contribution in [3.05, 3.63) is 104 Å². The van der Waals surface area contributed by atoms with Gasteiger partial charge in [0.1, 0.15) is 16.2 Å². The average Bonchev–Trinajstić information content (AvgIpc) is 3.33. The molecule has 0 saturated carbocycles. The maximum atomic E-state index is 12.4. The number of fused-ring (bicyclic) bond motifs is 1. The minimum atomic E-state index is -0.562. The van der Waals surface area contributed by atoms with Crippen LogP contribution in [0.15, 0.2) is 82.1 Å². The minimum Gasteiger partial charge on any atom is -0.457 e. The molecule has 5 aromatic rings. The smallest absolute Gasteiger partial charge is 0.288 e. The van der Waals surface area contributed by atoms with Gasteiger partial charge in [-0.15, -0.1) is 16.4 Å². The molecule has 0 radical (unpaired) electrons. The lowest BCUT2D eigenvalue weighted by molar-refractivity contribution is -0.382. The second-order valence-corrected chi connectivity index (χ2v) is 9.85. The van der Waals surface area contributed by atoms with Gasteiger partial charge in [-0.25, -0.2) is 4.68 Å². The zero-order valence-electron chi connectivity index (χ0n) is 17.7. The number of halogens is 1. The maximum absolute atomic E-state index is 12.4. The summed E-state index contributed by atoms with van der Waals surface area (Å²) in [5, 5.41) is 20.0. The highest BCUT2D eigenvalue weighted by Gasteiger charge is 2.18. The van der Waals surface area contributed by atoms with Gasteiger partial charge in [0.25, 0.3) is 11.2 Å². The Morgan fingerprint density at radius 2 is 1.83 bits per heavy atom. The summed E-state index contributed by atoms with van der Waals surface area (Å²) in [6.07, 6.45) is 1.77. The molecule has 0 unspecified atom stereocenters. The summed E-state index contributed by atoms with van der Waals surface area (Å²) < 4.78 is 8.07. The van der Waals surface area contributed by atoms with Crippen molar-refractivity contribution in [2.45, 2.75) is 10.1 Å². The fraction of sp³-hybridized carbons (Fsp3) is 0.0435. The van der Waals surface area contributed by atoms with Crippen LogP contribution in [0.5, 0.6) is 11.5 Å². The normalized spacial score (nSPS) is 11.0. The summed E-state index contributed by atoms with van der Waals surface area (Å²) in [6, 6.07) is 19.5. The summed E-state index contributed by atoms with van der Waals surface area (Å²) >= 11 is 8.25. The van der Waals surface area contributed by atoms with Gasteiger partial charge in [0, 0.05) is 16.8 Å². The number of nitro benzene ring substituents is 1.